The molecule has 0 spiro atoms. The van der Waals surface area contributed by atoms with Gasteiger partial charge >= 0.3 is 5.97 Å². The van der Waals surface area contributed by atoms with Crippen LogP contribution in [-0.2, 0) is 9.59 Å². The van der Waals surface area contributed by atoms with E-state index in [2.05, 4.69) is 4.90 Å². The molecular formula is C16H28N2O3. The van der Waals surface area contributed by atoms with Crippen LogP contribution in [0, 0.1) is 0 Å². The molecule has 120 valence electrons. The lowest BCUT2D eigenvalue weighted by Crippen LogP contribution is -2.48. The highest BCUT2D eigenvalue weighted by Crippen LogP contribution is 2.21. The maximum atomic E-state index is 12.1. The normalized spacial score (nSPS) is 21.4. The van der Waals surface area contributed by atoms with Crippen LogP contribution in [0.4, 0.5) is 0 Å². The summed E-state index contributed by atoms with van der Waals surface area (Å²) < 4.78 is 0. The second kappa shape index (κ2) is 8.37. The molecular weight excluding hydrogens is 268 g/mol. The lowest BCUT2D eigenvalue weighted by molar-refractivity contribution is -0.138. The van der Waals surface area contributed by atoms with Crippen LogP contribution in [-0.4, -0.2) is 59.0 Å². The average Bonchev–Trinajstić information content (AvgIpc) is 2.52. The molecule has 2 aliphatic heterocycles. The fraction of sp³-hybridized carbons (Fsp3) is 0.875. The third kappa shape index (κ3) is 5.30. The van der Waals surface area contributed by atoms with Gasteiger partial charge in [0.1, 0.15) is 0 Å². The summed E-state index contributed by atoms with van der Waals surface area (Å²) >= 11 is 0. The summed E-state index contributed by atoms with van der Waals surface area (Å²) in [6, 6.07) is 0.668. The van der Waals surface area contributed by atoms with E-state index in [4.69, 9.17) is 5.11 Å². The lowest BCUT2D eigenvalue weighted by Gasteiger charge is -2.40. The van der Waals surface area contributed by atoms with Crippen LogP contribution in [0.25, 0.3) is 0 Å². The van der Waals surface area contributed by atoms with Gasteiger partial charge in [-0.15, -0.1) is 0 Å². The van der Waals surface area contributed by atoms with Crippen LogP contribution in [0.15, 0.2) is 0 Å². The first kappa shape index (κ1) is 16.3. The van der Waals surface area contributed by atoms with Gasteiger partial charge < -0.3 is 14.9 Å². The monoisotopic (exact) mass is 296 g/mol. The van der Waals surface area contributed by atoms with Gasteiger partial charge in [-0.05, 0) is 51.6 Å². The van der Waals surface area contributed by atoms with Crippen molar-refractivity contribution in [2.24, 2.45) is 0 Å². The molecule has 0 unspecified atom stereocenters. The highest BCUT2D eigenvalue weighted by Gasteiger charge is 2.27. The Bertz CT molecular complexity index is 345. The fourth-order valence-electron chi connectivity index (χ4n) is 3.47. The maximum Gasteiger partial charge on any atom is 0.303 e. The van der Waals surface area contributed by atoms with Crippen molar-refractivity contribution in [1.82, 2.24) is 9.80 Å². The van der Waals surface area contributed by atoms with E-state index in [1.165, 1.54) is 32.4 Å². The lowest BCUT2D eigenvalue weighted by atomic mass is 9.99. The van der Waals surface area contributed by atoms with Crippen LogP contribution >= 0.6 is 0 Å². The molecule has 0 aliphatic carbocycles. The second-order valence-corrected chi connectivity index (χ2v) is 6.31. The van der Waals surface area contributed by atoms with Crippen LogP contribution < -0.4 is 0 Å². The summed E-state index contributed by atoms with van der Waals surface area (Å²) in [5, 5.41) is 8.58. The zero-order valence-electron chi connectivity index (χ0n) is 12.9. The summed E-state index contributed by atoms with van der Waals surface area (Å²) in [7, 11) is 0. The van der Waals surface area contributed by atoms with Crippen LogP contribution in [0.2, 0.25) is 0 Å². The third-order valence-electron chi connectivity index (χ3n) is 4.76. The number of unbranched alkanes of at least 4 members (excludes halogenated alkanes) is 1. The maximum absolute atomic E-state index is 12.1. The SMILES string of the molecule is O=C(O)CCCCC(=O)N1CCC(N2CCCCC2)CC1. The first-order valence-corrected chi connectivity index (χ1v) is 8.40. The van der Waals surface area contributed by atoms with E-state index in [9.17, 15) is 9.59 Å². The van der Waals surface area contributed by atoms with Gasteiger partial charge in [0.2, 0.25) is 5.91 Å². The van der Waals surface area contributed by atoms with Crippen LogP contribution in [0.3, 0.4) is 0 Å². The number of nitrogens with zero attached hydrogens (tertiary/aromatic N) is 2. The molecule has 0 radical (unpaired) electrons. The average molecular weight is 296 g/mol. The molecule has 2 aliphatic rings. The minimum Gasteiger partial charge on any atom is -0.481 e. The molecule has 5 nitrogen and oxygen atoms in total. The Balaban J connectivity index is 1.63. The summed E-state index contributed by atoms with van der Waals surface area (Å²) in [5.74, 6) is -0.567. The van der Waals surface area contributed by atoms with Crippen molar-refractivity contribution in [1.29, 1.82) is 0 Å². The Morgan fingerprint density at radius 1 is 0.905 bits per heavy atom. The fourth-order valence-corrected chi connectivity index (χ4v) is 3.47. The zero-order chi connectivity index (χ0) is 15.1. The van der Waals surface area contributed by atoms with Crippen molar-refractivity contribution in [3.8, 4) is 0 Å². The van der Waals surface area contributed by atoms with Crippen molar-refractivity contribution < 1.29 is 14.7 Å². The molecule has 2 heterocycles. The molecule has 2 fully saturated rings. The molecule has 0 aromatic carbocycles. The Kier molecular flexibility index (Phi) is 6.49. The van der Waals surface area contributed by atoms with Gasteiger partial charge in [0.25, 0.3) is 0 Å². The third-order valence-corrected chi connectivity index (χ3v) is 4.76. The quantitative estimate of drug-likeness (QED) is 0.763. The highest BCUT2D eigenvalue weighted by molar-refractivity contribution is 5.76. The van der Waals surface area contributed by atoms with Crippen LogP contribution in [0.1, 0.15) is 57.8 Å². The van der Waals surface area contributed by atoms with E-state index >= 15 is 0 Å². The summed E-state index contributed by atoms with van der Waals surface area (Å²) in [6.45, 7) is 4.21. The molecule has 0 aromatic rings. The van der Waals surface area contributed by atoms with E-state index in [1.807, 2.05) is 4.90 Å². The van der Waals surface area contributed by atoms with Gasteiger partial charge in [-0.1, -0.05) is 6.42 Å². The van der Waals surface area contributed by atoms with Gasteiger partial charge in [-0.3, -0.25) is 9.59 Å². The van der Waals surface area contributed by atoms with Crippen molar-refractivity contribution in [2.45, 2.75) is 63.8 Å². The molecule has 21 heavy (non-hydrogen) atoms. The predicted molar refractivity (Wildman–Crippen MR) is 81.1 cm³/mol. The second-order valence-electron chi connectivity index (χ2n) is 6.31. The summed E-state index contributed by atoms with van der Waals surface area (Å²) in [6.07, 6.45) is 8.17. The number of carboxylic acid groups (broad SMARTS) is 1. The van der Waals surface area contributed by atoms with Crippen LogP contribution in [0.5, 0.6) is 0 Å². The molecule has 0 saturated carbocycles. The van der Waals surface area contributed by atoms with E-state index in [0.29, 0.717) is 25.3 Å². The van der Waals surface area contributed by atoms with E-state index in [0.717, 1.165) is 25.9 Å². The standard InChI is InChI=1S/C16H28N2O3/c19-15(6-2-3-7-16(20)21)18-12-8-14(9-13-18)17-10-4-1-5-11-17/h14H,1-13H2,(H,20,21). The topological polar surface area (TPSA) is 60.9 Å². The number of amides is 1. The first-order chi connectivity index (χ1) is 10.2. The first-order valence-electron chi connectivity index (χ1n) is 8.40. The van der Waals surface area contributed by atoms with Gasteiger partial charge in [0, 0.05) is 32.0 Å². The molecule has 0 atom stereocenters. The molecule has 0 aromatic heterocycles. The van der Waals surface area contributed by atoms with Crippen molar-refractivity contribution >= 4 is 11.9 Å². The minimum atomic E-state index is -0.773. The number of piperidine rings is 2. The molecule has 1 amide bonds. The summed E-state index contributed by atoms with van der Waals surface area (Å²) in [4.78, 5) is 27.1. The molecule has 1 N–H and O–H groups in total. The van der Waals surface area contributed by atoms with E-state index in [1.54, 1.807) is 0 Å². The Labute approximate surface area is 127 Å². The number of hydrogen-bond acceptors (Lipinski definition) is 3. The Hall–Kier alpha value is -1.10. The van der Waals surface area contributed by atoms with E-state index < -0.39 is 5.97 Å². The number of likely N-dealkylation sites (tertiary alicyclic amines) is 2. The largest absolute Gasteiger partial charge is 0.481 e. The Morgan fingerprint density at radius 2 is 1.52 bits per heavy atom. The predicted octanol–water partition coefficient (Wildman–Crippen LogP) is 2.11. The van der Waals surface area contributed by atoms with Crippen molar-refractivity contribution in [3.63, 3.8) is 0 Å². The number of aliphatic carboxylic acids is 1. The zero-order valence-corrected chi connectivity index (χ0v) is 12.9. The molecule has 0 bridgehead atoms. The van der Waals surface area contributed by atoms with Crippen molar-refractivity contribution in [2.75, 3.05) is 26.2 Å². The highest BCUT2D eigenvalue weighted by atomic mass is 16.4. The van der Waals surface area contributed by atoms with Gasteiger partial charge in [-0.2, -0.15) is 0 Å². The number of hydrogen-bond donors (Lipinski definition) is 1. The van der Waals surface area contributed by atoms with Gasteiger partial charge in [0.15, 0.2) is 0 Å². The number of carbonyl (C=O) groups is 2. The summed E-state index contributed by atoms with van der Waals surface area (Å²) in [5.41, 5.74) is 0. The van der Waals surface area contributed by atoms with Crippen molar-refractivity contribution in [3.05, 3.63) is 0 Å². The number of carboxylic acids is 1. The van der Waals surface area contributed by atoms with Gasteiger partial charge in [-0.25, -0.2) is 0 Å². The van der Waals surface area contributed by atoms with E-state index in [-0.39, 0.29) is 12.3 Å². The molecule has 2 saturated heterocycles. The number of carbonyl (C=O) groups excluding carboxylic acids is 1. The van der Waals surface area contributed by atoms with Gasteiger partial charge in [0.05, 0.1) is 0 Å². The minimum absolute atomic E-state index is 0.171. The molecule has 5 heteroatoms. The molecule has 2 rings (SSSR count). The smallest absolute Gasteiger partial charge is 0.303 e. The number of rotatable bonds is 6. The Morgan fingerprint density at radius 3 is 2.14 bits per heavy atom.